The zero-order valence-corrected chi connectivity index (χ0v) is 20.7. The Morgan fingerprint density at radius 2 is 1.86 bits per heavy atom. The third-order valence-corrected chi connectivity index (χ3v) is 6.98. The Labute approximate surface area is 216 Å². The average Bonchev–Trinajstić information content (AvgIpc) is 3.43. The molecule has 0 radical (unpaired) electrons. The number of nitrogens with one attached hydrogen (secondary N) is 2. The molecule has 2 saturated heterocycles. The van der Waals surface area contributed by atoms with Crippen LogP contribution in [0, 0.1) is 17.2 Å². The highest BCUT2D eigenvalue weighted by Gasteiger charge is 2.26. The summed E-state index contributed by atoms with van der Waals surface area (Å²) in [6.07, 6.45) is 9.25. The molecule has 192 valence electrons. The van der Waals surface area contributed by atoms with Crippen molar-refractivity contribution in [3.05, 3.63) is 54.5 Å². The van der Waals surface area contributed by atoms with Crippen LogP contribution in [0.5, 0.6) is 0 Å². The third kappa shape index (κ3) is 6.13. The maximum atomic E-state index is 13.0. The van der Waals surface area contributed by atoms with Gasteiger partial charge in [-0.15, -0.1) is 0 Å². The molecule has 2 fully saturated rings. The lowest BCUT2D eigenvalue weighted by atomic mass is 9.90. The number of hydrogen-bond donors (Lipinski definition) is 2. The molecule has 3 aromatic rings. The number of nitriles is 1. The maximum absolute atomic E-state index is 13.0. The van der Waals surface area contributed by atoms with Crippen LogP contribution in [0.25, 0.3) is 11.3 Å². The van der Waals surface area contributed by atoms with Gasteiger partial charge in [0.15, 0.2) is 0 Å². The Hall–Kier alpha value is -3.81. The van der Waals surface area contributed by atoms with E-state index in [1.54, 1.807) is 18.5 Å². The zero-order valence-electron chi connectivity index (χ0n) is 20.7. The van der Waals surface area contributed by atoms with Crippen molar-refractivity contribution in [2.75, 3.05) is 31.7 Å². The minimum Gasteiger partial charge on any atom is -0.381 e. The molecular weight excluding hydrogens is 470 g/mol. The highest BCUT2D eigenvalue weighted by molar-refractivity contribution is 6.00. The highest BCUT2D eigenvalue weighted by Crippen LogP contribution is 2.31. The average molecular weight is 502 g/mol. The predicted octanol–water partition coefficient (Wildman–Crippen LogP) is 3.87. The molecule has 10 nitrogen and oxygen atoms in total. The van der Waals surface area contributed by atoms with Crippen molar-refractivity contribution < 1.29 is 14.3 Å². The second-order valence-corrected chi connectivity index (χ2v) is 9.38. The number of benzene rings is 1. The SMILES string of the molecule is N#CCC(C1CCOCC1)n1cc(-c2ccnc(Nc3ccccc3C(=O)NC3CCOCC3)n2)cn1. The van der Waals surface area contributed by atoms with Crippen molar-refractivity contribution in [1.29, 1.82) is 5.26 Å². The molecule has 0 bridgehead atoms. The summed E-state index contributed by atoms with van der Waals surface area (Å²) in [7, 11) is 0. The summed E-state index contributed by atoms with van der Waals surface area (Å²) >= 11 is 0. The number of aromatic nitrogens is 4. The molecule has 0 aliphatic carbocycles. The lowest BCUT2D eigenvalue weighted by molar-refractivity contribution is 0.0473. The smallest absolute Gasteiger partial charge is 0.253 e. The lowest BCUT2D eigenvalue weighted by Crippen LogP contribution is -2.39. The van der Waals surface area contributed by atoms with Crippen molar-refractivity contribution in [3.63, 3.8) is 0 Å². The quantitative estimate of drug-likeness (QED) is 0.476. The third-order valence-electron chi connectivity index (χ3n) is 6.98. The van der Waals surface area contributed by atoms with Crippen LogP contribution in [0.15, 0.2) is 48.9 Å². The number of carbonyl (C=O) groups excluding carboxylic acids is 1. The predicted molar refractivity (Wildman–Crippen MR) is 137 cm³/mol. The van der Waals surface area contributed by atoms with Crippen LogP contribution in [-0.2, 0) is 9.47 Å². The minimum atomic E-state index is -0.135. The summed E-state index contributed by atoms with van der Waals surface area (Å²) < 4.78 is 12.8. The standard InChI is InChI=1S/C27H31N7O3/c28-11-5-25(19-7-13-36-14-8-19)34-18-20(17-30-34)23-6-12-29-27(32-23)33-24-4-2-1-3-22(24)26(35)31-21-9-15-37-16-10-21/h1-4,6,12,17-19,21,25H,5,7-10,13-16H2,(H,31,35)(H,29,32,33). The minimum absolute atomic E-state index is 0.00296. The molecule has 1 aromatic carbocycles. The molecule has 2 aliphatic heterocycles. The fourth-order valence-electron chi connectivity index (χ4n) is 4.92. The Balaban J connectivity index is 1.32. The molecule has 2 aliphatic rings. The number of ether oxygens (including phenoxy) is 2. The van der Waals surface area contributed by atoms with Crippen LogP contribution in [0.3, 0.4) is 0 Å². The van der Waals surface area contributed by atoms with Crippen molar-refractivity contribution in [3.8, 4) is 17.3 Å². The number of para-hydroxylation sites is 1. The Bertz CT molecular complexity index is 1240. The molecule has 2 N–H and O–H groups in total. The normalized spacial score (nSPS) is 17.6. The second kappa shape index (κ2) is 12.0. The molecule has 37 heavy (non-hydrogen) atoms. The number of anilines is 2. The Kier molecular flexibility index (Phi) is 8.03. The summed E-state index contributed by atoms with van der Waals surface area (Å²) in [6, 6.07) is 11.6. The van der Waals surface area contributed by atoms with E-state index in [1.165, 1.54) is 0 Å². The van der Waals surface area contributed by atoms with Crippen LogP contribution in [0.1, 0.15) is 48.5 Å². The van der Waals surface area contributed by atoms with Crippen LogP contribution >= 0.6 is 0 Å². The van der Waals surface area contributed by atoms with E-state index in [2.05, 4.69) is 31.8 Å². The van der Waals surface area contributed by atoms with E-state index < -0.39 is 0 Å². The van der Waals surface area contributed by atoms with Gasteiger partial charge in [0.25, 0.3) is 5.91 Å². The van der Waals surface area contributed by atoms with Crippen molar-refractivity contribution in [2.24, 2.45) is 5.92 Å². The summed E-state index contributed by atoms with van der Waals surface area (Å²) in [4.78, 5) is 22.0. The topological polar surface area (TPSA) is 127 Å². The van der Waals surface area contributed by atoms with E-state index in [-0.39, 0.29) is 18.0 Å². The van der Waals surface area contributed by atoms with E-state index in [9.17, 15) is 10.1 Å². The van der Waals surface area contributed by atoms with E-state index in [0.717, 1.165) is 44.5 Å². The maximum Gasteiger partial charge on any atom is 0.253 e. The first-order chi connectivity index (χ1) is 18.2. The van der Waals surface area contributed by atoms with Crippen LogP contribution in [0.2, 0.25) is 0 Å². The first-order valence-electron chi connectivity index (χ1n) is 12.8. The second-order valence-electron chi connectivity index (χ2n) is 9.38. The summed E-state index contributed by atoms with van der Waals surface area (Å²) in [5, 5.41) is 20.3. The van der Waals surface area contributed by atoms with E-state index in [0.29, 0.717) is 48.4 Å². The van der Waals surface area contributed by atoms with Crippen molar-refractivity contribution >= 4 is 17.5 Å². The molecule has 10 heteroatoms. The van der Waals surface area contributed by atoms with Gasteiger partial charge in [-0.05, 0) is 49.8 Å². The van der Waals surface area contributed by atoms with Crippen molar-refractivity contribution in [1.82, 2.24) is 25.1 Å². The van der Waals surface area contributed by atoms with Crippen molar-refractivity contribution in [2.45, 2.75) is 44.2 Å². The van der Waals surface area contributed by atoms with Gasteiger partial charge in [0, 0.05) is 50.4 Å². The van der Waals surface area contributed by atoms with Gasteiger partial charge in [-0.1, -0.05) is 12.1 Å². The van der Waals surface area contributed by atoms with Gasteiger partial charge >= 0.3 is 0 Å². The fourth-order valence-corrected chi connectivity index (χ4v) is 4.92. The van der Waals surface area contributed by atoms with Gasteiger partial charge in [-0.25, -0.2) is 9.97 Å². The molecule has 2 aromatic heterocycles. The van der Waals surface area contributed by atoms with Gasteiger partial charge < -0.3 is 20.1 Å². The molecule has 1 amide bonds. The van der Waals surface area contributed by atoms with Gasteiger partial charge in [-0.3, -0.25) is 9.48 Å². The summed E-state index contributed by atoms with van der Waals surface area (Å²) in [5.74, 6) is 0.603. The first-order valence-corrected chi connectivity index (χ1v) is 12.8. The summed E-state index contributed by atoms with van der Waals surface area (Å²) in [5.41, 5.74) is 2.71. The molecular formula is C27H31N7O3. The number of hydrogen-bond acceptors (Lipinski definition) is 8. The monoisotopic (exact) mass is 501 g/mol. The highest BCUT2D eigenvalue weighted by atomic mass is 16.5. The van der Waals surface area contributed by atoms with Gasteiger partial charge in [-0.2, -0.15) is 10.4 Å². The van der Waals surface area contributed by atoms with E-state index >= 15 is 0 Å². The molecule has 1 unspecified atom stereocenters. The molecule has 0 spiro atoms. The summed E-state index contributed by atoms with van der Waals surface area (Å²) in [6.45, 7) is 2.76. The Morgan fingerprint density at radius 1 is 1.11 bits per heavy atom. The number of rotatable bonds is 8. The van der Waals surface area contributed by atoms with Gasteiger partial charge in [0.05, 0.1) is 41.7 Å². The van der Waals surface area contributed by atoms with Gasteiger partial charge in [0.2, 0.25) is 5.95 Å². The lowest BCUT2D eigenvalue weighted by Gasteiger charge is -2.29. The number of amides is 1. The number of carbonyl (C=O) groups is 1. The fraction of sp³-hybridized carbons (Fsp3) is 0.444. The number of nitrogens with zero attached hydrogens (tertiary/aromatic N) is 5. The first kappa shape index (κ1) is 24.9. The largest absolute Gasteiger partial charge is 0.381 e. The van der Waals surface area contributed by atoms with Gasteiger partial charge in [0.1, 0.15) is 0 Å². The Morgan fingerprint density at radius 3 is 2.65 bits per heavy atom. The zero-order chi connectivity index (χ0) is 25.5. The molecule has 5 rings (SSSR count). The van der Waals surface area contributed by atoms with E-state index in [1.807, 2.05) is 35.1 Å². The molecule has 4 heterocycles. The van der Waals surface area contributed by atoms with Crippen LogP contribution < -0.4 is 10.6 Å². The molecule has 1 atom stereocenters. The van der Waals surface area contributed by atoms with Crippen LogP contribution in [0.4, 0.5) is 11.6 Å². The van der Waals surface area contributed by atoms with E-state index in [4.69, 9.17) is 9.47 Å². The van der Waals surface area contributed by atoms with Crippen LogP contribution in [-0.4, -0.2) is 58.1 Å². The molecule has 0 saturated carbocycles.